The molecule has 1 aliphatic rings. The molecule has 4 N–H and O–H groups in total. The standard InChI is InChI=1S/C14H21N3O/c15-8-11-4-3-7-17(9-11)10-12-5-1-2-6-13(12)14(16)18/h1-2,5-6,11H,3-4,7-10,15H2,(H2,16,18). The van der Waals surface area contributed by atoms with Crippen molar-refractivity contribution in [2.45, 2.75) is 19.4 Å². The molecule has 98 valence electrons. The summed E-state index contributed by atoms with van der Waals surface area (Å²) in [5.74, 6) is 0.234. The van der Waals surface area contributed by atoms with E-state index in [4.69, 9.17) is 11.5 Å². The lowest BCUT2D eigenvalue weighted by atomic mass is 9.97. The van der Waals surface area contributed by atoms with Crippen molar-refractivity contribution in [1.29, 1.82) is 0 Å². The molecule has 4 nitrogen and oxygen atoms in total. The summed E-state index contributed by atoms with van der Waals surface area (Å²) < 4.78 is 0. The van der Waals surface area contributed by atoms with E-state index < -0.39 is 0 Å². The highest BCUT2D eigenvalue weighted by Gasteiger charge is 2.19. The number of benzene rings is 1. The smallest absolute Gasteiger partial charge is 0.249 e. The zero-order valence-electron chi connectivity index (χ0n) is 10.6. The van der Waals surface area contributed by atoms with Gasteiger partial charge in [-0.05, 0) is 43.5 Å². The molecule has 1 heterocycles. The lowest BCUT2D eigenvalue weighted by Crippen LogP contribution is -2.38. The molecule has 1 saturated heterocycles. The van der Waals surface area contributed by atoms with Crippen molar-refractivity contribution in [2.75, 3.05) is 19.6 Å². The second kappa shape index (κ2) is 5.98. The van der Waals surface area contributed by atoms with Gasteiger partial charge < -0.3 is 11.5 Å². The van der Waals surface area contributed by atoms with Gasteiger partial charge >= 0.3 is 0 Å². The van der Waals surface area contributed by atoms with E-state index in [1.165, 1.54) is 12.8 Å². The third-order valence-corrected chi connectivity index (χ3v) is 3.61. The molecule has 0 radical (unpaired) electrons. The number of hydrogen-bond acceptors (Lipinski definition) is 3. The van der Waals surface area contributed by atoms with Gasteiger partial charge in [-0.1, -0.05) is 18.2 Å². The molecule has 1 amide bonds. The monoisotopic (exact) mass is 247 g/mol. The molecule has 0 aromatic heterocycles. The first-order chi connectivity index (χ1) is 8.70. The highest BCUT2D eigenvalue weighted by atomic mass is 16.1. The van der Waals surface area contributed by atoms with E-state index in [0.29, 0.717) is 11.5 Å². The van der Waals surface area contributed by atoms with Crippen molar-refractivity contribution < 1.29 is 4.79 Å². The Bertz CT molecular complexity index is 419. The Morgan fingerprint density at radius 3 is 2.89 bits per heavy atom. The number of amides is 1. The van der Waals surface area contributed by atoms with E-state index >= 15 is 0 Å². The molecular formula is C14H21N3O. The summed E-state index contributed by atoms with van der Waals surface area (Å²) in [7, 11) is 0. The molecule has 1 aromatic carbocycles. The summed E-state index contributed by atoms with van der Waals surface area (Å²) in [6, 6.07) is 7.57. The zero-order chi connectivity index (χ0) is 13.0. The third-order valence-electron chi connectivity index (χ3n) is 3.61. The van der Waals surface area contributed by atoms with E-state index in [0.717, 1.165) is 31.7 Å². The van der Waals surface area contributed by atoms with Crippen LogP contribution in [0.25, 0.3) is 0 Å². The molecule has 1 aromatic rings. The predicted octanol–water partition coefficient (Wildman–Crippen LogP) is 0.956. The minimum Gasteiger partial charge on any atom is -0.366 e. The molecule has 1 atom stereocenters. The van der Waals surface area contributed by atoms with Gasteiger partial charge in [-0.2, -0.15) is 0 Å². The van der Waals surface area contributed by atoms with Gasteiger partial charge in [0.1, 0.15) is 0 Å². The second-order valence-corrected chi connectivity index (χ2v) is 5.00. The first kappa shape index (κ1) is 13.1. The van der Waals surface area contributed by atoms with Crippen LogP contribution in [0.3, 0.4) is 0 Å². The van der Waals surface area contributed by atoms with Crippen molar-refractivity contribution in [3.05, 3.63) is 35.4 Å². The van der Waals surface area contributed by atoms with Crippen LogP contribution in [-0.4, -0.2) is 30.4 Å². The lowest BCUT2D eigenvalue weighted by Gasteiger charge is -2.32. The van der Waals surface area contributed by atoms with Crippen LogP contribution in [-0.2, 0) is 6.54 Å². The number of likely N-dealkylation sites (tertiary alicyclic amines) is 1. The van der Waals surface area contributed by atoms with Crippen LogP contribution in [0.15, 0.2) is 24.3 Å². The van der Waals surface area contributed by atoms with Crippen molar-refractivity contribution in [3.63, 3.8) is 0 Å². The fourth-order valence-electron chi connectivity index (χ4n) is 2.63. The van der Waals surface area contributed by atoms with Gasteiger partial charge in [-0.25, -0.2) is 0 Å². The van der Waals surface area contributed by atoms with Crippen molar-refractivity contribution in [2.24, 2.45) is 17.4 Å². The van der Waals surface area contributed by atoms with Gasteiger partial charge in [-0.3, -0.25) is 9.69 Å². The van der Waals surface area contributed by atoms with Crippen molar-refractivity contribution in [3.8, 4) is 0 Å². The van der Waals surface area contributed by atoms with Crippen LogP contribution in [0.2, 0.25) is 0 Å². The summed E-state index contributed by atoms with van der Waals surface area (Å²) in [5, 5.41) is 0. The molecule has 18 heavy (non-hydrogen) atoms. The number of nitrogens with two attached hydrogens (primary N) is 2. The average Bonchev–Trinajstić information content (AvgIpc) is 2.39. The van der Waals surface area contributed by atoms with Crippen LogP contribution in [0.5, 0.6) is 0 Å². The Morgan fingerprint density at radius 1 is 1.39 bits per heavy atom. The maximum atomic E-state index is 11.4. The fraction of sp³-hybridized carbons (Fsp3) is 0.500. The molecule has 1 unspecified atom stereocenters. The van der Waals surface area contributed by atoms with Crippen LogP contribution in [0.4, 0.5) is 0 Å². The number of nitrogens with zero attached hydrogens (tertiary/aromatic N) is 1. The maximum absolute atomic E-state index is 11.4. The van der Waals surface area contributed by atoms with Gasteiger partial charge in [-0.15, -0.1) is 0 Å². The van der Waals surface area contributed by atoms with E-state index in [9.17, 15) is 4.79 Å². The molecule has 0 saturated carbocycles. The summed E-state index contributed by atoms with van der Waals surface area (Å²) in [4.78, 5) is 13.7. The molecule has 1 fully saturated rings. The number of carbonyl (C=O) groups is 1. The Kier molecular flexibility index (Phi) is 4.33. The van der Waals surface area contributed by atoms with Crippen LogP contribution >= 0.6 is 0 Å². The molecule has 0 spiro atoms. The van der Waals surface area contributed by atoms with Gasteiger partial charge in [0.05, 0.1) is 0 Å². The average molecular weight is 247 g/mol. The largest absolute Gasteiger partial charge is 0.366 e. The fourth-order valence-corrected chi connectivity index (χ4v) is 2.63. The minimum atomic E-state index is -0.349. The molecule has 2 rings (SSSR count). The highest BCUT2D eigenvalue weighted by Crippen LogP contribution is 2.19. The molecule has 0 aliphatic carbocycles. The third kappa shape index (κ3) is 3.09. The Hall–Kier alpha value is -1.39. The number of piperidine rings is 1. The number of hydrogen-bond donors (Lipinski definition) is 2. The number of rotatable bonds is 4. The summed E-state index contributed by atoms with van der Waals surface area (Å²) in [5.41, 5.74) is 12.8. The first-order valence-electron chi connectivity index (χ1n) is 6.51. The predicted molar refractivity (Wildman–Crippen MR) is 72.0 cm³/mol. The zero-order valence-corrected chi connectivity index (χ0v) is 10.6. The van der Waals surface area contributed by atoms with Gasteiger partial charge in [0.2, 0.25) is 5.91 Å². The number of carbonyl (C=O) groups excluding carboxylic acids is 1. The normalized spacial score (nSPS) is 20.8. The van der Waals surface area contributed by atoms with E-state index in [1.807, 2.05) is 18.2 Å². The van der Waals surface area contributed by atoms with Crippen LogP contribution in [0.1, 0.15) is 28.8 Å². The topological polar surface area (TPSA) is 72.3 Å². The summed E-state index contributed by atoms with van der Waals surface area (Å²) in [6.07, 6.45) is 2.39. The number of primary amides is 1. The molecular weight excluding hydrogens is 226 g/mol. The van der Waals surface area contributed by atoms with Crippen LogP contribution in [0, 0.1) is 5.92 Å². The van der Waals surface area contributed by atoms with Crippen molar-refractivity contribution >= 4 is 5.91 Å². The van der Waals surface area contributed by atoms with Gasteiger partial charge in [0, 0.05) is 18.7 Å². The second-order valence-electron chi connectivity index (χ2n) is 5.00. The Morgan fingerprint density at radius 2 is 2.17 bits per heavy atom. The van der Waals surface area contributed by atoms with E-state index in [1.54, 1.807) is 6.07 Å². The molecule has 1 aliphatic heterocycles. The highest BCUT2D eigenvalue weighted by molar-refractivity contribution is 5.94. The lowest BCUT2D eigenvalue weighted by molar-refractivity contribution is 0.0997. The quantitative estimate of drug-likeness (QED) is 0.832. The van der Waals surface area contributed by atoms with Gasteiger partial charge in [0.15, 0.2) is 0 Å². The van der Waals surface area contributed by atoms with E-state index in [2.05, 4.69) is 4.90 Å². The van der Waals surface area contributed by atoms with E-state index in [-0.39, 0.29) is 5.91 Å². The van der Waals surface area contributed by atoms with Crippen molar-refractivity contribution in [1.82, 2.24) is 4.90 Å². The summed E-state index contributed by atoms with van der Waals surface area (Å²) in [6.45, 7) is 3.62. The molecule has 0 bridgehead atoms. The Labute approximate surface area is 108 Å². The Balaban J connectivity index is 2.07. The van der Waals surface area contributed by atoms with Crippen LogP contribution < -0.4 is 11.5 Å². The SMILES string of the molecule is NCC1CCCN(Cc2ccccc2C(N)=O)C1. The first-order valence-corrected chi connectivity index (χ1v) is 6.51. The molecule has 4 heteroatoms. The van der Waals surface area contributed by atoms with Gasteiger partial charge in [0.25, 0.3) is 0 Å². The minimum absolute atomic E-state index is 0.349. The summed E-state index contributed by atoms with van der Waals surface area (Å²) >= 11 is 0. The maximum Gasteiger partial charge on any atom is 0.249 e.